The number of hydrogen-bond acceptors (Lipinski definition) is 6. The molecule has 27 heavy (non-hydrogen) atoms. The number of thiophene rings is 1. The van der Waals surface area contributed by atoms with Crippen LogP contribution in [0.4, 0.5) is 5.00 Å². The van der Waals surface area contributed by atoms with Gasteiger partial charge in [0.15, 0.2) is 0 Å². The first-order valence-corrected chi connectivity index (χ1v) is 9.54. The first-order valence-electron chi connectivity index (χ1n) is 8.72. The van der Waals surface area contributed by atoms with E-state index >= 15 is 0 Å². The fourth-order valence-electron chi connectivity index (χ4n) is 2.43. The van der Waals surface area contributed by atoms with Crippen molar-refractivity contribution < 1.29 is 14.3 Å². The number of anilines is 1. The van der Waals surface area contributed by atoms with Gasteiger partial charge in [0.05, 0.1) is 24.3 Å². The highest BCUT2D eigenvalue weighted by atomic mass is 32.1. The number of nitrogens with zero attached hydrogens (tertiary/aromatic N) is 2. The second kappa shape index (κ2) is 9.86. The Kier molecular flexibility index (Phi) is 7.53. The maximum atomic E-state index is 12.6. The van der Waals surface area contributed by atoms with Gasteiger partial charge >= 0.3 is 5.97 Å². The monoisotopic (exact) mass is 385 g/mol. The third-order valence-corrected chi connectivity index (χ3v) is 5.24. The first kappa shape index (κ1) is 20.6. The molecule has 1 N–H and O–H groups in total. The zero-order valence-electron chi connectivity index (χ0n) is 15.7. The topological polar surface area (TPSA) is 82.4 Å². The Bertz CT molecular complexity index is 827. The van der Waals surface area contributed by atoms with E-state index < -0.39 is 12.0 Å². The van der Waals surface area contributed by atoms with Gasteiger partial charge in [0, 0.05) is 17.8 Å². The Morgan fingerprint density at radius 1 is 1.33 bits per heavy atom. The molecule has 2 aromatic rings. The molecule has 1 heterocycles. The molecule has 1 aromatic heterocycles. The van der Waals surface area contributed by atoms with Crippen molar-refractivity contribution in [3.05, 3.63) is 42.0 Å². The van der Waals surface area contributed by atoms with Crippen LogP contribution in [0.3, 0.4) is 0 Å². The minimum atomic E-state index is -0.461. The number of carbonyl (C=O) groups excluding carboxylic acids is 2. The van der Waals surface area contributed by atoms with Gasteiger partial charge in [-0.05, 0) is 32.5 Å². The number of likely N-dealkylation sites (N-methyl/N-ethyl adjacent to an activating group) is 1. The van der Waals surface area contributed by atoms with E-state index in [1.54, 1.807) is 31.9 Å². The normalized spacial score (nSPS) is 11.7. The molecule has 0 aliphatic heterocycles. The van der Waals surface area contributed by atoms with E-state index in [0.29, 0.717) is 23.5 Å². The molecule has 0 saturated heterocycles. The van der Waals surface area contributed by atoms with Crippen molar-refractivity contribution in [2.45, 2.75) is 26.3 Å². The molecule has 1 aromatic carbocycles. The molecule has 0 aliphatic rings. The quantitative estimate of drug-likeness (QED) is 0.700. The number of nitriles is 1. The maximum Gasteiger partial charge on any atom is 0.341 e. The van der Waals surface area contributed by atoms with Crippen LogP contribution < -0.4 is 5.32 Å². The second-order valence-corrected chi connectivity index (χ2v) is 7.05. The number of amides is 1. The Morgan fingerprint density at radius 2 is 2.04 bits per heavy atom. The third-order valence-electron chi connectivity index (χ3n) is 4.14. The Balaban J connectivity index is 2.26. The lowest BCUT2D eigenvalue weighted by Gasteiger charge is -2.22. The van der Waals surface area contributed by atoms with Crippen molar-refractivity contribution in [3.63, 3.8) is 0 Å². The lowest BCUT2D eigenvalue weighted by molar-refractivity contribution is -0.120. The minimum Gasteiger partial charge on any atom is -0.462 e. The average molecular weight is 385 g/mol. The summed E-state index contributed by atoms with van der Waals surface area (Å²) in [6, 6.07) is 13.0. The van der Waals surface area contributed by atoms with Gasteiger partial charge in [0.25, 0.3) is 0 Å². The van der Waals surface area contributed by atoms with Crippen LogP contribution in [-0.4, -0.2) is 43.0 Å². The summed E-state index contributed by atoms with van der Waals surface area (Å²) in [5.41, 5.74) is 1.31. The summed E-state index contributed by atoms with van der Waals surface area (Å²) in [4.78, 5) is 27.6. The number of carbonyl (C=O) groups is 2. The molecule has 7 heteroatoms. The molecule has 6 nitrogen and oxygen atoms in total. The van der Waals surface area contributed by atoms with E-state index in [1.807, 2.05) is 30.3 Å². The van der Waals surface area contributed by atoms with Crippen LogP contribution in [0.5, 0.6) is 0 Å². The zero-order valence-corrected chi connectivity index (χ0v) is 16.5. The van der Waals surface area contributed by atoms with Crippen molar-refractivity contribution in [2.24, 2.45) is 0 Å². The Hall–Kier alpha value is -2.69. The van der Waals surface area contributed by atoms with Gasteiger partial charge < -0.3 is 10.1 Å². The Labute approximate surface area is 163 Å². The van der Waals surface area contributed by atoms with Gasteiger partial charge in [-0.25, -0.2) is 4.79 Å². The van der Waals surface area contributed by atoms with Crippen LogP contribution in [0.2, 0.25) is 0 Å². The largest absolute Gasteiger partial charge is 0.462 e. The van der Waals surface area contributed by atoms with Gasteiger partial charge in [0.2, 0.25) is 5.91 Å². The van der Waals surface area contributed by atoms with Crippen LogP contribution in [0, 0.1) is 11.3 Å². The van der Waals surface area contributed by atoms with Crippen molar-refractivity contribution >= 4 is 28.2 Å². The molecule has 2 rings (SSSR count). The smallest absolute Gasteiger partial charge is 0.341 e. The molecule has 1 amide bonds. The van der Waals surface area contributed by atoms with Crippen LogP contribution >= 0.6 is 11.3 Å². The fraction of sp³-hybridized carbons (Fsp3) is 0.350. The van der Waals surface area contributed by atoms with Crippen LogP contribution in [0.25, 0.3) is 10.4 Å². The third kappa shape index (κ3) is 5.39. The van der Waals surface area contributed by atoms with E-state index in [2.05, 4.69) is 11.4 Å². The fourth-order valence-corrected chi connectivity index (χ4v) is 3.48. The van der Waals surface area contributed by atoms with Gasteiger partial charge in [-0.15, -0.1) is 11.3 Å². The number of esters is 1. The standard InChI is InChI=1S/C20H23N3O3S/c1-4-26-20(25)16-13-17(15-9-6-5-7-10-15)27-19(16)22-18(24)14(2)23(3)12-8-11-21/h5-7,9-10,13-14H,4,8,12H2,1-3H3,(H,22,24)/t14-/m1/s1. The SMILES string of the molecule is CCOC(=O)c1cc(-c2ccccc2)sc1NC(=O)[C@@H](C)N(C)CCC#N. The van der Waals surface area contributed by atoms with Crippen LogP contribution in [0.15, 0.2) is 36.4 Å². The summed E-state index contributed by atoms with van der Waals surface area (Å²) in [6.07, 6.45) is 0.347. The lowest BCUT2D eigenvalue weighted by Crippen LogP contribution is -2.40. The highest BCUT2D eigenvalue weighted by Crippen LogP contribution is 2.36. The summed E-state index contributed by atoms with van der Waals surface area (Å²) >= 11 is 1.34. The molecule has 0 saturated carbocycles. The second-order valence-electron chi connectivity index (χ2n) is 5.99. The first-order chi connectivity index (χ1) is 13.0. The van der Waals surface area contributed by atoms with E-state index in [0.717, 1.165) is 10.4 Å². The van der Waals surface area contributed by atoms with Crippen molar-refractivity contribution in [2.75, 3.05) is 25.5 Å². The van der Waals surface area contributed by atoms with Gasteiger partial charge in [0.1, 0.15) is 5.00 Å². The molecule has 0 aliphatic carbocycles. The van der Waals surface area contributed by atoms with Crippen LogP contribution in [0.1, 0.15) is 30.6 Å². The zero-order chi connectivity index (χ0) is 19.8. The highest BCUT2D eigenvalue weighted by Gasteiger charge is 2.23. The summed E-state index contributed by atoms with van der Waals surface area (Å²) in [5, 5.41) is 12.0. The number of benzene rings is 1. The lowest BCUT2D eigenvalue weighted by atomic mass is 10.1. The minimum absolute atomic E-state index is 0.234. The molecular weight excluding hydrogens is 362 g/mol. The summed E-state index contributed by atoms with van der Waals surface area (Å²) in [7, 11) is 1.79. The average Bonchev–Trinajstić information content (AvgIpc) is 3.10. The van der Waals surface area contributed by atoms with Gasteiger partial charge in [-0.1, -0.05) is 30.3 Å². The molecule has 0 unspecified atom stereocenters. The highest BCUT2D eigenvalue weighted by molar-refractivity contribution is 7.20. The predicted octanol–water partition coefficient (Wildman–Crippen LogP) is 3.76. The summed E-state index contributed by atoms with van der Waals surface area (Å²) in [6.45, 7) is 4.26. The summed E-state index contributed by atoms with van der Waals surface area (Å²) < 4.78 is 5.13. The number of hydrogen-bond donors (Lipinski definition) is 1. The predicted molar refractivity (Wildman–Crippen MR) is 107 cm³/mol. The molecule has 0 bridgehead atoms. The van der Waals surface area contributed by atoms with Crippen molar-refractivity contribution in [1.82, 2.24) is 4.90 Å². The van der Waals surface area contributed by atoms with Gasteiger partial charge in [-0.2, -0.15) is 5.26 Å². The van der Waals surface area contributed by atoms with E-state index in [-0.39, 0.29) is 12.5 Å². The molecule has 0 spiro atoms. The molecule has 1 atom stereocenters. The van der Waals surface area contributed by atoms with Crippen LogP contribution in [-0.2, 0) is 9.53 Å². The van der Waals surface area contributed by atoms with E-state index in [9.17, 15) is 9.59 Å². The van der Waals surface area contributed by atoms with Crippen molar-refractivity contribution in [3.8, 4) is 16.5 Å². The summed E-state index contributed by atoms with van der Waals surface area (Å²) in [5.74, 6) is -0.695. The molecule has 0 fully saturated rings. The molecule has 142 valence electrons. The molecular formula is C20H23N3O3S. The number of nitrogens with one attached hydrogen (secondary N) is 1. The number of ether oxygens (including phenoxy) is 1. The van der Waals surface area contributed by atoms with E-state index in [4.69, 9.17) is 10.00 Å². The van der Waals surface area contributed by atoms with Crippen molar-refractivity contribution in [1.29, 1.82) is 5.26 Å². The van der Waals surface area contributed by atoms with E-state index in [1.165, 1.54) is 11.3 Å². The van der Waals surface area contributed by atoms with Gasteiger partial charge in [-0.3, -0.25) is 9.69 Å². The number of rotatable bonds is 8. The maximum absolute atomic E-state index is 12.6. The molecule has 0 radical (unpaired) electrons. The Morgan fingerprint density at radius 3 is 2.67 bits per heavy atom.